The van der Waals surface area contributed by atoms with Crippen LogP contribution in [0.1, 0.15) is 18.4 Å². The van der Waals surface area contributed by atoms with Gasteiger partial charge in [-0.05, 0) is 30.5 Å². The summed E-state index contributed by atoms with van der Waals surface area (Å²) in [6.07, 6.45) is 4.32. The Bertz CT molecular complexity index is 488. The maximum Gasteiger partial charge on any atom is 0.305 e. The zero-order valence-corrected chi connectivity index (χ0v) is 11.6. The quantitative estimate of drug-likeness (QED) is 0.703. The zero-order valence-electron chi connectivity index (χ0n) is 10.8. The van der Waals surface area contributed by atoms with E-state index in [2.05, 4.69) is 14.4 Å². The number of hydrogen-bond donors (Lipinski definition) is 1. The third kappa shape index (κ3) is 6.88. The summed E-state index contributed by atoms with van der Waals surface area (Å²) in [5.74, 6) is -0.467. The number of esters is 1. The molecule has 1 aromatic heterocycles. The molecule has 1 rings (SSSR count). The number of sulfonamides is 1. The Balaban J connectivity index is 2.25. The highest BCUT2D eigenvalue weighted by atomic mass is 32.2. The van der Waals surface area contributed by atoms with Crippen molar-refractivity contribution >= 4 is 16.0 Å². The lowest BCUT2D eigenvalue weighted by Gasteiger charge is -2.06. The summed E-state index contributed by atoms with van der Waals surface area (Å²) >= 11 is 0. The first-order valence-electron chi connectivity index (χ1n) is 5.96. The number of methoxy groups -OCH3 is 1. The largest absolute Gasteiger partial charge is 0.469 e. The molecule has 0 amide bonds. The molecule has 0 bridgehead atoms. The second-order valence-electron chi connectivity index (χ2n) is 4.00. The van der Waals surface area contributed by atoms with Gasteiger partial charge in [0.15, 0.2) is 0 Å². The van der Waals surface area contributed by atoms with Crippen LogP contribution in [0.2, 0.25) is 0 Å². The first kappa shape index (κ1) is 15.6. The number of nitrogens with one attached hydrogen (secondary N) is 1. The van der Waals surface area contributed by atoms with Crippen LogP contribution in [0.5, 0.6) is 0 Å². The molecule has 6 nitrogen and oxygen atoms in total. The molecule has 0 atom stereocenters. The maximum atomic E-state index is 11.6. The molecule has 0 aliphatic rings. The van der Waals surface area contributed by atoms with Crippen molar-refractivity contribution in [3.63, 3.8) is 0 Å². The highest BCUT2D eigenvalue weighted by molar-refractivity contribution is 7.89. The van der Waals surface area contributed by atoms with Crippen LogP contribution < -0.4 is 4.72 Å². The van der Waals surface area contributed by atoms with Crippen molar-refractivity contribution in [3.05, 3.63) is 30.1 Å². The van der Waals surface area contributed by atoms with Crippen molar-refractivity contribution in [1.82, 2.24) is 9.71 Å². The Hall–Kier alpha value is -1.47. The van der Waals surface area contributed by atoms with Crippen LogP contribution in [0.4, 0.5) is 0 Å². The number of carbonyl (C=O) groups excluding carboxylic acids is 1. The number of carbonyl (C=O) groups is 1. The van der Waals surface area contributed by atoms with Gasteiger partial charge in [0.1, 0.15) is 0 Å². The van der Waals surface area contributed by atoms with Gasteiger partial charge in [0, 0.05) is 25.4 Å². The number of aromatic nitrogens is 1. The van der Waals surface area contributed by atoms with Crippen LogP contribution in [0.3, 0.4) is 0 Å². The van der Waals surface area contributed by atoms with Gasteiger partial charge in [-0.1, -0.05) is 0 Å². The molecule has 0 saturated heterocycles. The smallest absolute Gasteiger partial charge is 0.305 e. The monoisotopic (exact) mass is 286 g/mol. The summed E-state index contributed by atoms with van der Waals surface area (Å²) < 4.78 is 30.2. The molecule has 19 heavy (non-hydrogen) atoms. The zero-order chi connectivity index (χ0) is 14.1. The van der Waals surface area contributed by atoms with Crippen molar-refractivity contribution in [1.29, 1.82) is 0 Å². The van der Waals surface area contributed by atoms with Crippen molar-refractivity contribution in [2.45, 2.75) is 19.3 Å². The topological polar surface area (TPSA) is 85.4 Å². The van der Waals surface area contributed by atoms with E-state index in [1.807, 2.05) is 12.1 Å². The number of nitrogens with zero attached hydrogens (tertiary/aromatic N) is 1. The molecule has 0 unspecified atom stereocenters. The fourth-order valence-electron chi connectivity index (χ4n) is 1.48. The van der Waals surface area contributed by atoms with Crippen LogP contribution in [0, 0.1) is 0 Å². The predicted octanol–water partition coefficient (Wildman–Crippen LogP) is 0.497. The van der Waals surface area contributed by atoms with Gasteiger partial charge < -0.3 is 4.74 Å². The van der Waals surface area contributed by atoms with E-state index in [1.54, 1.807) is 12.4 Å². The Labute approximate surface area is 113 Å². The minimum absolute atomic E-state index is 0.0710. The van der Waals surface area contributed by atoms with Gasteiger partial charge in [-0.15, -0.1) is 0 Å². The molecule has 7 heteroatoms. The van der Waals surface area contributed by atoms with E-state index >= 15 is 0 Å². The van der Waals surface area contributed by atoms with Crippen LogP contribution in [0.15, 0.2) is 24.5 Å². The fourth-order valence-corrected chi connectivity index (χ4v) is 2.56. The number of ether oxygens (including phenoxy) is 1. The molecule has 1 heterocycles. The van der Waals surface area contributed by atoms with Gasteiger partial charge in [0.2, 0.25) is 10.0 Å². The SMILES string of the molecule is COC(=O)CCCS(=O)(=O)NCCc1ccncc1. The third-order valence-electron chi connectivity index (χ3n) is 2.51. The van der Waals surface area contributed by atoms with E-state index < -0.39 is 16.0 Å². The summed E-state index contributed by atoms with van der Waals surface area (Å²) in [5, 5.41) is 0. The molecule has 0 aliphatic carbocycles. The third-order valence-corrected chi connectivity index (χ3v) is 3.98. The lowest BCUT2D eigenvalue weighted by molar-refractivity contribution is -0.140. The summed E-state index contributed by atoms with van der Waals surface area (Å²) in [7, 11) is -2.05. The average Bonchev–Trinajstić information content (AvgIpc) is 2.39. The normalized spacial score (nSPS) is 11.2. The van der Waals surface area contributed by atoms with Crippen molar-refractivity contribution in [3.8, 4) is 0 Å². The van der Waals surface area contributed by atoms with Gasteiger partial charge in [0.05, 0.1) is 12.9 Å². The standard InChI is InChI=1S/C12H18N2O4S/c1-18-12(15)3-2-10-19(16,17)14-9-6-11-4-7-13-8-5-11/h4-5,7-8,14H,2-3,6,9-10H2,1H3. The fraction of sp³-hybridized carbons (Fsp3) is 0.500. The highest BCUT2D eigenvalue weighted by Gasteiger charge is 2.11. The molecule has 0 aliphatic heterocycles. The van der Waals surface area contributed by atoms with Crippen LogP contribution in [-0.4, -0.2) is 38.8 Å². The lowest BCUT2D eigenvalue weighted by Crippen LogP contribution is -2.28. The number of pyridine rings is 1. The minimum Gasteiger partial charge on any atom is -0.469 e. The highest BCUT2D eigenvalue weighted by Crippen LogP contribution is 1.99. The first-order valence-corrected chi connectivity index (χ1v) is 7.62. The van der Waals surface area contributed by atoms with E-state index in [0.717, 1.165) is 5.56 Å². The van der Waals surface area contributed by atoms with Crippen molar-refractivity contribution in [2.75, 3.05) is 19.4 Å². The molecule has 1 aromatic rings. The van der Waals surface area contributed by atoms with Gasteiger partial charge in [-0.25, -0.2) is 13.1 Å². The van der Waals surface area contributed by atoms with Gasteiger partial charge in [-0.3, -0.25) is 9.78 Å². The van der Waals surface area contributed by atoms with Crippen LogP contribution >= 0.6 is 0 Å². The molecule has 0 aromatic carbocycles. The molecule has 0 spiro atoms. The molecular formula is C12H18N2O4S. The van der Waals surface area contributed by atoms with E-state index in [-0.39, 0.29) is 18.6 Å². The molecule has 1 N–H and O–H groups in total. The Kier molecular flexibility index (Phi) is 6.44. The maximum absolute atomic E-state index is 11.6. The van der Waals surface area contributed by atoms with Gasteiger partial charge >= 0.3 is 5.97 Å². The Morgan fingerprint density at radius 1 is 1.37 bits per heavy atom. The number of hydrogen-bond acceptors (Lipinski definition) is 5. The Morgan fingerprint density at radius 2 is 2.05 bits per heavy atom. The minimum atomic E-state index is -3.33. The predicted molar refractivity (Wildman–Crippen MR) is 71.0 cm³/mol. The van der Waals surface area contributed by atoms with Crippen molar-refractivity contribution < 1.29 is 17.9 Å². The summed E-state index contributed by atoms with van der Waals surface area (Å²) in [6.45, 7) is 0.338. The van der Waals surface area contributed by atoms with Crippen molar-refractivity contribution in [2.24, 2.45) is 0 Å². The molecule has 0 radical (unpaired) electrons. The molecule has 106 valence electrons. The van der Waals surface area contributed by atoms with Crippen LogP contribution in [-0.2, 0) is 26.0 Å². The molecular weight excluding hydrogens is 268 g/mol. The van der Waals surface area contributed by atoms with Crippen LogP contribution in [0.25, 0.3) is 0 Å². The molecule has 0 saturated carbocycles. The van der Waals surface area contributed by atoms with E-state index in [0.29, 0.717) is 13.0 Å². The second-order valence-corrected chi connectivity index (χ2v) is 5.92. The Morgan fingerprint density at radius 3 is 2.68 bits per heavy atom. The summed E-state index contributed by atoms with van der Waals surface area (Å²) in [6, 6.07) is 3.68. The molecule has 0 fully saturated rings. The van der Waals surface area contributed by atoms with E-state index in [4.69, 9.17) is 0 Å². The first-order chi connectivity index (χ1) is 9.03. The van der Waals surface area contributed by atoms with E-state index in [9.17, 15) is 13.2 Å². The summed E-state index contributed by atoms with van der Waals surface area (Å²) in [4.78, 5) is 14.7. The average molecular weight is 286 g/mol. The van der Waals surface area contributed by atoms with Gasteiger partial charge in [0.25, 0.3) is 0 Å². The summed E-state index contributed by atoms with van der Waals surface area (Å²) in [5.41, 5.74) is 1.02. The number of rotatable bonds is 8. The second kappa shape index (κ2) is 7.85. The lowest BCUT2D eigenvalue weighted by atomic mass is 10.2. The van der Waals surface area contributed by atoms with Gasteiger partial charge in [-0.2, -0.15) is 0 Å². The van der Waals surface area contributed by atoms with E-state index in [1.165, 1.54) is 7.11 Å².